The number of likely N-dealkylation sites (N-methyl/N-ethyl adjacent to an activating group) is 1. The van der Waals surface area contributed by atoms with E-state index in [1.807, 2.05) is 18.2 Å². The molecule has 192 valence electrons. The number of carbonyl (C=O) groups excluding carboxylic acids is 1. The molecule has 37 heavy (non-hydrogen) atoms. The van der Waals surface area contributed by atoms with Crippen molar-refractivity contribution in [2.75, 3.05) is 43.4 Å². The van der Waals surface area contributed by atoms with Gasteiger partial charge in [0.05, 0.1) is 21.2 Å². The molecule has 2 aliphatic heterocycles. The molecule has 0 atom stereocenters. The van der Waals surface area contributed by atoms with Crippen LogP contribution in [0.25, 0.3) is 6.08 Å². The molecule has 2 heterocycles. The summed E-state index contributed by atoms with van der Waals surface area (Å²) in [6, 6.07) is 17.8. The Bertz CT molecular complexity index is 1460. The first-order chi connectivity index (χ1) is 17.7. The highest BCUT2D eigenvalue weighted by Crippen LogP contribution is 2.40. The highest BCUT2D eigenvalue weighted by Gasteiger charge is 2.25. The summed E-state index contributed by atoms with van der Waals surface area (Å²) in [6.07, 6.45) is 1.85. The van der Waals surface area contributed by atoms with Crippen molar-refractivity contribution in [2.45, 2.75) is 15.5 Å². The Morgan fingerprint density at radius 3 is 2.32 bits per heavy atom. The number of hydrogen-bond donors (Lipinski definition) is 1. The quantitative estimate of drug-likeness (QED) is 0.389. The molecule has 0 saturated carbocycles. The molecule has 2 aliphatic rings. The second-order valence-electron chi connectivity index (χ2n) is 9.06. The molecule has 3 aromatic carbocycles. The minimum absolute atomic E-state index is 0.0926. The standard InChI is InChI=1S/C27H25Cl2N3O3S2/c1-31-11-13-32(14-12-31)19-7-5-18(6-8-19)15-26-27(33)30-24-16-20(9-10-25(24)36-26)37(34,35)17-21-22(28)3-2-4-23(21)29/h2-10,15-16H,11-14,17H2,1H3,(H,30,33)/b26-15-. The molecule has 0 aliphatic carbocycles. The maximum atomic E-state index is 13.1. The minimum Gasteiger partial charge on any atom is -0.369 e. The topological polar surface area (TPSA) is 69.7 Å². The third-order valence-corrected chi connectivity index (χ3v) is 9.91. The highest BCUT2D eigenvalue weighted by molar-refractivity contribution is 8.04. The number of nitrogens with zero attached hydrogens (tertiary/aromatic N) is 2. The lowest BCUT2D eigenvalue weighted by molar-refractivity contribution is -0.112. The summed E-state index contributed by atoms with van der Waals surface area (Å²) in [4.78, 5) is 18.9. The second-order valence-corrected chi connectivity index (χ2v) is 13.0. The summed E-state index contributed by atoms with van der Waals surface area (Å²) in [5.41, 5.74) is 2.91. The lowest BCUT2D eigenvalue weighted by Gasteiger charge is -2.34. The zero-order chi connectivity index (χ0) is 26.2. The second kappa shape index (κ2) is 10.7. The molecule has 0 bridgehead atoms. The number of nitrogens with one attached hydrogen (secondary N) is 1. The number of halogens is 2. The number of sulfone groups is 1. The van der Waals surface area contributed by atoms with Gasteiger partial charge >= 0.3 is 0 Å². The van der Waals surface area contributed by atoms with Crippen LogP contribution in [0.3, 0.4) is 0 Å². The van der Waals surface area contributed by atoms with Crippen LogP contribution >= 0.6 is 35.0 Å². The zero-order valence-electron chi connectivity index (χ0n) is 20.1. The number of amides is 1. The molecule has 6 nitrogen and oxygen atoms in total. The Morgan fingerprint density at radius 1 is 0.973 bits per heavy atom. The number of hydrogen-bond acceptors (Lipinski definition) is 6. The predicted octanol–water partition coefficient (Wildman–Crippen LogP) is 5.80. The largest absolute Gasteiger partial charge is 0.369 e. The van der Waals surface area contributed by atoms with Gasteiger partial charge in [-0.15, -0.1) is 0 Å². The monoisotopic (exact) mass is 573 g/mol. The summed E-state index contributed by atoms with van der Waals surface area (Å²) < 4.78 is 26.2. The van der Waals surface area contributed by atoms with Gasteiger partial charge in [-0.05, 0) is 61.2 Å². The van der Waals surface area contributed by atoms with Gasteiger partial charge < -0.3 is 15.1 Å². The van der Waals surface area contributed by atoms with Crippen LogP contribution in [0.2, 0.25) is 10.0 Å². The molecule has 1 saturated heterocycles. The predicted molar refractivity (Wildman–Crippen MR) is 152 cm³/mol. The van der Waals surface area contributed by atoms with Crippen LogP contribution in [0, 0.1) is 0 Å². The Kier molecular flexibility index (Phi) is 7.56. The smallest absolute Gasteiger partial charge is 0.262 e. The van der Waals surface area contributed by atoms with Crippen LogP contribution in [0.5, 0.6) is 0 Å². The van der Waals surface area contributed by atoms with Gasteiger partial charge in [-0.25, -0.2) is 8.42 Å². The van der Waals surface area contributed by atoms with Gasteiger partial charge in [0.2, 0.25) is 0 Å². The van der Waals surface area contributed by atoms with Crippen LogP contribution in [-0.4, -0.2) is 52.5 Å². The average Bonchev–Trinajstić information content (AvgIpc) is 2.87. The van der Waals surface area contributed by atoms with Crippen LogP contribution in [0.1, 0.15) is 11.1 Å². The molecule has 0 radical (unpaired) electrons. The van der Waals surface area contributed by atoms with E-state index in [1.165, 1.54) is 23.5 Å². The fraction of sp³-hybridized carbons (Fsp3) is 0.222. The van der Waals surface area contributed by atoms with Crippen LogP contribution in [0.4, 0.5) is 11.4 Å². The van der Waals surface area contributed by atoms with E-state index in [9.17, 15) is 13.2 Å². The van der Waals surface area contributed by atoms with E-state index in [4.69, 9.17) is 23.2 Å². The molecule has 10 heteroatoms. The van der Waals surface area contributed by atoms with Crippen molar-refractivity contribution in [3.63, 3.8) is 0 Å². The molecule has 0 unspecified atom stereocenters. The van der Waals surface area contributed by atoms with E-state index in [0.717, 1.165) is 36.6 Å². The van der Waals surface area contributed by atoms with Gasteiger partial charge in [-0.3, -0.25) is 4.79 Å². The van der Waals surface area contributed by atoms with Crippen LogP contribution in [0.15, 0.2) is 75.4 Å². The molecule has 0 spiro atoms. The summed E-state index contributed by atoms with van der Waals surface area (Å²) in [7, 11) is -1.61. The number of fused-ring (bicyclic) bond motifs is 1. The Hall–Kier alpha value is -2.49. The molecule has 1 amide bonds. The Morgan fingerprint density at radius 2 is 1.65 bits per heavy atom. The Labute approximate surface area is 231 Å². The molecular weight excluding hydrogens is 549 g/mol. The lowest BCUT2D eigenvalue weighted by atomic mass is 10.1. The maximum absolute atomic E-state index is 13.1. The molecule has 0 aromatic heterocycles. The summed E-state index contributed by atoms with van der Waals surface area (Å²) >= 11 is 13.7. The van der Waals surface area contributed by atoms with Crippen molar-refractivity contribution in [1.82, 2.24) is 4.90 Å². The van der Waals surface area contributed by atoms with Gasteiger partial charge in [0.1, 0.15) is 0 Å². The normalized spacial score (nSPS) is 17.5. The number of anilines is 2. The molecule has 1 fully saturated rings. The van der Waals surface area contributed by atoms with Crippen molar-refractivity contribution < 1.29 is 13.2 Å². The Balaban J connectivity index is 1.33. The molecule has 5 rings (SSSR count). The third-order valence-electron chi connectivity index (χ3n) is 6.46. The molecule has 3 aromatic rings. The summed E-state index contributed by atoms with van der Waals surface area (Å²) in [5, 5.41) is 3.43. The van der Waals surface area contributed by atoms with Gasteiger partial charge in [0.15, 0.2) is 9.84 Å². The van der Waals surface area contributed by atoms with Crippen molar-refractivity contribution in [1.29, 1.82) is 0 Å². The number of piperazine rings is 1. The van der Waals surface area contributed by atoms with Gasteiger partial charge in [-0.2, -0.15) is 0 Å². The minimum atomic E-state index is -3.74. The number of carbonyl (C=O) groups is 1. The van der Waals surface area contributed by atoms with E-state index in [1.54, 1.807) is 30.3 Å². The van der Waals surface area contributed by atoms with E-state index in [2.05, 4.69) is 34.3 Å². The van der Waals surface area contributed by atoms with Gasteiger partial charge in [0, 0.05) is 52.4 Å². The first kappa shape index (κ1) is 26.1. The summed E-state index contributed by atoms with van der Waals surface area (Å²) in [6.45, 7) is 4.07. The first-order valence-corrected chi connectivity index (χ1v) is 15.0. The molecular formula is C27H25Cl2N3O3S2. The molecule has 1 N–H and O–H groups in total. The summed E-state index contributed by atoms with van der Waals surface area (Å²) in [5.74, 6) is -0.606. The van der Waals surface area contributed by atoms with Crippen molar-refractivity contribution in [3.8, 4) is 0 Å². The third kappa shape index (κ3) is 5.84. The van der Waals surface area contributed by atoms with E-state index >= 15 is 0 Å². The lowest BCUT2D eigenvalue weighted by Crippen LogP contribution is -2.44. The average molecular weight is 575 g/mol. The first-order valence-electron chi connectivity index (χ1n) is 11.7. The number of benzene rings is 3. The van der Waals surface area contributed by atoms with Crippen molar-refractivity contribution in [3.05, 3.63) is 86.7 Å². The fourth-order valence-corrected chi connectivity index (χ4v) is 7.33. The maximum Gasteiger partial charge on any atom is 0.262 e. The van der Waals surface area contributed by atoms with Crippen LogP contribution < -0.4 is 10.2 Å². The fourth-order valence-electron chi connectivity index (χ4n) is 4.27. The number of thioether (sulfide) groups is 1. The zero-order valence-corrected chi connectivity index (χ0v) is 23.2. The van der Waals surface area contributed by atoms with Crippen molar-refractivity contribution >= 4 is 68.2 Å². The highest BCUT2D eigenvalue weighted by atomic mass is 35.5. The van der Waals surface area contributed by atoms with Crippen molar-refractivity contribution in [2.24, 2.45) is 0 Å². The number of rotatable bonds is 5. The van der Waals surface area contributed by atoms with Crippen LogP contribution in [-0.2, 0) is 20.4 Å². The van der Waals surface area contributed by atoms with E-state index in [0.29, 0.717) is 26.2 Å². The SMILES string of the molecule is CN1CCN(c2ccc(/C=C3\Sc4ccc(S(=O)(=O)Cc5c(Cl)cccc5Cl)cc4NC3=O)cc2)CC1. The van der Waals surface area contributed by atoms with Gasteiger partial charge in [-0.1, -0.05) is 53.2 Å². The van der Waals surface area contributed by atoms with E-state index < -0.39 is 9.84 Å². The van der Waals surface area contributed by atoms with E-state index in [-0.39, 0.29) is 16.6 Å². The van der Waals surface area contributed by atoms with Gasteiger partial charge in [0.25, 0.3) is 5.91 Å².